The Bertz CT molecular complexity index is 585. The molecule has 4 nitrogen and oxygen atoms in total. The van der Waals surface area contributed by atoms with Crippen molar-refractivity contribution in [1.82, 2.24) is 4.90 Å². The summed E-state index contributed by atoms with van der Waals surface area (Å²) in [6.45, 7) is 5.90. The van der Waals surface area contributed by atoms with Gasteiger partial charge in [0, 0.05) is 18.7 Å². The first-order valence-corrected chi connectivity index (χ1v) is 7.07. The number of likely N-dealkylation sites (tertiary alicyclic amines) is 1. The molecule has 0 spiro atoms. The van der Waals surface area contributed by atoms with Crippen LogP contribution >= 0.6 is 0 Å². The van der Waals surface area contributed by atoms with E-state index in [4.69, 9.17) is 0 Å². The zero-order chi connectivity index (χ0) is 15.8. The van der Waals surface area contributed by atoms with Gasteiger partial charge in [0.15, 0.2) is 0 Å². The van der Waals surface area contributed by atoms with Gasteiger partial charge in [-0.15, -0.1) is 0 Å². The molecule has 0 radical (unpaired) electrons. The molecule has 0 bridgehead atoms. The van der Waals surface area contributed by atoms with E-state index in [1.54, 1.807) is 19.1 Å². The smallest absolute Gasteiger partial charge is 0.311 e. The van der Waals surface area contributed by atoms with E-state index in [1.165, 1.54) is 11.0 Å². The lowest BCUT2D eigenvalue weighted by molar-refractivity contribution is -0.150. The van der Waals surface area contributed by atoms with Crippen molar-refractivity contribution >= 4 is 11.9 Å². The Morgan fingerprint density at radius 3 is 2.52 bits per heavy atom. The van der Waals surface area contributed by atoms with Crippen LogP contribution in [-0.2, 0) is 4.79 Å². The zero-order valence-corrected chi connectivity index (χ0v) is 12.5. The summed E-state index contributed by atoms with van der Waals surface area (Å²) in [6.07, 6.45) is 0.431. The molecule has 1 unspecified atom stereocenters. The number of hydrogen-bond donors (Lipinski definition) is 1. The first-order chi connectivity index (χ1) is 9.78. The molecule has 1 aliphatic rings. The molecule has 2 rings (SSSR count). The first kappa shape index (κ1) is 15.5. The molecule has 114 valence electrons. The molecule has 0 aliphatic carbocycles. The summed E-state index contributed by atoms with van der Waals surface area (Å²) in [5.41, 5.74) is -0.156. The fourth-order valence-electron chi connectivity index (χ4n) is 2.81. The lowest BCUT2D eigenvalue weighted by atomic mass is 9.76. The third-order valence-electron chi connectivity index (χ3n) is 4.54. The van der Waals surface area contributed by atoms with E-state index in [9.17, 15) is 19.1 Å². The maximum atomic E-state index is 13.6. The molecule has 1 fully saturated rings. The second-order valence-corrected chi connectivity index (χ2v) is 6.06. The van der Waals surface area contributed by atoms with Gasteiger partial charge in [-0.2, -0.15) is 0 Å². The Kier molecular flexibility index (Phi) is 4.03. The molecule has 1 amide bonds. The number of carbonyl (C=O) groups is 2. The molecule has 1 aliphatic heterocycles. The van der Waals surface area contributed by atoms with E-state index >= 15 is 0 Å². The average Bonchev–Trinajstić information content (AvgIpc) is 2.87. The minimum atomic E-state index is -0.904. The van der Waals surface area contributed by atoms with E-state index in [2.05, 4.69) is 0 Å². The number of nitrogens with zero attached hydrogens (tertiary/aromatic N) is 1. The number of hydrogen-bond acceptors (Lipinski definition) is 2. The number of amides is 1. The van der Waals surface area contributed by atoms with Gasteiger partial charge in [-0.1, -0.05) is 19.9 Å². The van der Waals surface area contributed by atoms with Crippen LogP contribution in [0.5, 0.6) is 0 Å². The van der Waals surface area contributed by atoms with Crippen LogP contribution in [0.2, 0.25) is 0 Å². The Morgan fingerprint density at radius 1 is 1.38 bits per heavy atom. The lowest BCUT2D eigenvalue weighted by Gasteiger charge is -2.28. The van der Waals surface area contributed by atoms with Crippen LogP contribution in [0.15, 0.2) is 18.2 Å². The van der Waals surface area contributed by atoms with Gasteiger partial charge in [0.2, 0.25) is 0 Å². The maximum Gasteiger partial charge on any atom is 0.311 e. The fraction of sp³-hybridized carbons (Fsp3) is 0.500. The lowest BCUT2D eigenvalue weighted by Crippen LogP contribution is -2.40. The molecular weight excluding hydrogens is 273 g/mol. The summed E-state index contributed by atoms with van der Waals surface area (Å²) in [6, 6.07) is 4.36. The van der Waals surface area contributed by atoms with Gasteiger partial charge >= 0.3 is 5.97 Å². The summed E-state index contributed by atoms with van der Waals surface area (Å²) in [5.74, 6) is -1.67. The van der Waals surface area contributed by atoms with E-state index < -0.39 is 17.2 Å². The first-order valence-electron chi connectivity index (χ1n) is 7.07. The van der Waals surface area contributed by atoms with Crippen LogP contribution in [0.25, 0.3) is 0 Å². The van der Waals surface area contributed by atoms with Gasteiger partial charge in [0.25, 0.3) is 5.91 Å². The van der Waals surface area contributed by atoms with Gasteiger partial charge in [-0.25, -0.2) is 4.39 Å². The van der Waals surface area contributed by atoms with Crippen LogP contribution in [0.4, 0.5) is 4.39 Å². The van der Waals surface area contributed by atoms with Crippen molar-refractivity contribution in [2.24, 2.45) is 11.3 Å². The Hall–Kier alpha value is -1.91. The van der Waals surface area contributed by atoms with Crippen molar-refractivity contribution in [1.29, 1.82) is 0 Å². The predicted octanol–water partition coefficient (Wildman–Crippen LogP) is 2.71. The van der Waals surface area contributed by atoms with Gasteiger partial charge in [0.05, 0.1) is 5.41 Å². The largest absolute Gasteiger partial charge is 0.481 e. The number of halogens is 1. The molecule has 1 aromatic rings. The van der Waals surface area contributed by atoms with Crippen molar-refractivity contribution in [2.45, 2.75) is 27.2 Å². The average molecular weight is 293 g/mol. The molecule has 0 aromatic heterocycles. The van der Waals surface area contributed by atoms with E-state index in [0.717, 1.165) is 0 Å². The minimum absolute atomic E-state index is 0.0671. The molecule has 21 heavy (non-hydrogen) atoms. The van der Waals surface area contributed by atoms with Gasteiger partial charge in [-0.3, -0.25) is 9.59 Å². The molecular formula is C16H20FNO3. The molecule has 1 aromatic carbocycles. The Labute approximate surface area is 123 Å². The minimum Gasteiger partial charge on any atom is -0.481 e. The number of carbonyl (C=O) groups excluding carboxylic acids is 1. The zero-order valence-electron chi connectivity index (χ0n) is 12.5. The van der Waals surface area contributed by atoms with Crippen molar-refractivity contribution < 1.29 is 19.1 Å². The standard InChI is InChI=1S/C16H20FNO3/c1-10(2)16(15(20)21)6-7-18(9-16)14(19)12-5-4-11(3)13(17)8-12/h4-5,8,10H,6-7,9H2,1-3H3,(H,20,21). The quantitative estimate of drug-likeness (QED) is 0.932. The van der Waals surface area contributed by atoms with E-state index in [-0.39, 0.29) is 23.9 Å². The second-order valence-electron chi connectivity index (χ2n) is 6.06. The summed E-state index contributed by atoms with van der Waals surface area (Å²) in [7, 11) is 0. The van der Waals surface area contributed by atoms with Gasteiger partial charge in [-0.05, 0) is 37.0 Å². The molecule has 1 N–H and O–H groups in total. The topological polar surface area (TPSA) is 57.6 Å². The number of aryl methyl sites for hydroxylation is 1. The van der Waals surface area contributed by atoms with Gasteiger partial charge in [0.1, 0.15) is 5.82 Å². The Morgan fingerprint density at radius 2 is 2.05 bits per heavy atom. The number of carboxylic acid groups (broad SMARTS) is 1. The predicted molar refractivity (Wildman–Crippen MR) is 76.6 cm³/mol. The van der Waals surface area contributed by atoms with Crippen LogP contribution in [-0.4, -0.2) is 35.0 Å². The molecule has 0 saturated carbocycles. The monoisotopic (exact) mass is 293 g/mol. The number of rotatable bonds is 3. The van der Waals surface area contributed by atoms with Crippen molar-refractivity contribution in [2.75, 3.05) is 13.1 Å². The van der Waals surface area contributed by atoms with Crippen molar-refractivity contribution in [3.63, 3.8) is 0 Å². The van der Waals surface area contributed by atoms with Crippen LogP contribution in [0.1, 0.15) is 36.2 Å². The normalized spacial score (nSPS) is 21.9. The second kappa shape index (κ2) is 5.47. The highest BCUT2D eigenvalue weighted by Crippen LogP contribution is 2.38. The van der Waals surface area contributed by atoms with E-state index in [1.807, 2.05) is 13.8 Å². The highest BCUT2D eigenvalue weighted by atomic mass is 19.1. The maximum absolute atomic E-state index is 13.6. The number of carboxylic acids is 1. The Balaban J connectivity index is 2.22. The molecule has 1 atom stereocenters. The van der Waals surface area contributed by atoms with Gasteiger partial charge < -0.3 is 10.0 Å². The van der Waals surface area contributed by atoms with Crippen LogP contribution in [0.3, 0.4) is 0 Å². The SMILES string of the molecule is Cc1ccc(C(=O)N2CCC(C(=O)O)(C(C)C)C2)cc1F. The van der Waals surface area contributed by atoms with E-state index in [0.29, 0.717) is 18.5 Å². The van der Waals surface area contributed by atoms with Crippen LogP contribution < -0.4 is 0 Å². The summed E-state index contributed by atoms with van der Waals surface area (Å²) < 4.78 is 13.6. The summed E-state index contributed by atoms with van der Waals surface area (Å²) >= 11 is 0. The third-order valence-corrected chi connectivity index (χ3v) is 4.54. The molecule has 1 saturated heterocycles. The summed E-state index contributed by atoms with van der Waals surface area (Å²) in [4.78, 5) is 25.5. The fourth-order valence-corrected chi connectivity index (χ4v) is 2.81. The number of benzene rings is 1. The van der Waals surface area contributed by atoms with Crippen molar-refractivity contribution in [3.05, 3.63) is 35.1 Å². The summed E-state index contributed by atoms with van der Waals surface area (Å²) in [5, 5.41) is 9.49. The number of aliphatic carboxylic acids is 1. The molecule has 1 heterocycles. The van der Waals surface area contributed by atoms with Crippen LogP contribution in [0, 0.1) is 24.1 Å². The third kappa shape index (κ3) is 2.64. The van der Waals surface area contributed by atoms with Crippen molar-refractivity contribution in [3.8, 4) is 0 Å². The molecule has 5 heteroatoms. The highest BCUT2D eigenvalue weighted by Gasteiger charge is 2.48. The highest BCUT2D eigenvalue weighted by molar-refractivity contribution is 5.95.